The van der Waals surface area contributed by atoms with Crippen LogP contribution >= 0.6 is 0 Å². The minimum Gasteiger partial charge on any atom is -0.652 e. The van der Waals surface area contributed by atoms with Gasteiger partial charge in [-0.1, -0.05) is 0 Å². The molecule has 0 saturated heterocycles. The summed E-state index contributed by atoms with van der Waals surface area (Å²) in [5, 5.41) is 25.4. The van der Waals surface area contributed by atoms with E-state index in [0.717, 1.165) is 6.29 Å². The van der Waals surface area contributed by atoms with Crippen LogP contribution in [0.5, 0.6) is 5.75 Å². The Morgan fingerprint density at radius 3 is 1.73 bits per heavy atom. The molecule has 0 saturated carbocycles. The molecule has 0 spiro atoms. The van der Waals surface area contributed by atoms with Crippen LogP contribution in [0.1, 0.15) is 10.4 Å². The van der Waals surface area contributed by atoms with Crippen molar-refractivity contribution in [2.45, 2.75) is 0 Å². The minimum atomic E-state index is -2.33. The van der Waals surface area contributed by atoms with Gasteiger partial charge in [0.25, 0.3) is 0 Å². The molecule has 0 atom stereocenters. The fourth-order valence-electron chi connectivity index (χ4n) is 0.553. The van der Waals surface area contributed by atoms with Gasteiger partial charge in [-0.3, -0.25) is 4.79 Å². The first-order valence-corrected chi connectivity index (χ1v) is 3.18. The van der Waals surface area contributed by atoms with Gasteiger partial charge in [0.2, 0.25) is 0 Å². The Morgan fingerprint density at radius 2 is 1.47 bits per heavy atom. The van der Waals surface area contributed by atoms with E-state index in [1.807, 2.05) is 0 Å². The molecular formula is C8H6K2O5. The van der Waals surface area contributed by atoms with Gasteiger partial charge >= 0.3 is 103 Å². The van der Waals surface area contributed by atoms with E-state index in [1.165, 1.54) is 12.1 Å². The number of phenols is 1. The third-order valence-electron chi connectivity index (χ3n) is 1.03. The largest absolute Gasteiger partial charge is 1.00 e. The Hall–Kier alpha value is 1.23. The summed E-state index contributed by atoms with van der Waals surface area (Å²) in [7, 11) is 0. The predicted octanol–water partition coefficient (Wildman–Crippen LogP) is -7.23. The molecule has 5 nitrogen and oxygen atoms in total. The first-order chi connectivity index (χ1) is 6.06. The molecule has 0 bridgehead atoms. The normalized spacial score (nSPS) is 6.93. The second-order valence-corrected chi connectivity index (χ2v) is 1.96. The van der Waals surface area contributed by atoms with Gasteiger partial charge in [-0.2, -0.15) is 0 Å². The van der Waals surface area contributed by atoms with Gasteiger partial charge in [0, 0.05) is 5.56 Å². The van der Waals surface area contributed by atoms with E-state index in [4.69, 9.17) is 20.1 Å². The van der Waals surface area contributed by atoms with Crippen LogP contribution in [0, 0.1) is 0 Å². The summed E-state index contributed by atoms with van der Waals surface area (Å²) in [5.41, 5.74) is 0.577. The van der Waals surface area contributed by atoms with Crippen LogP contribution in [0.15, 0.2) is 24.3 Å². The quantitative estimate of drug-likeness (QED) is 0.399. The SMILES string of the molecule is O=C([O-])[O-].O=Cc1ccc(O)cc1.[K+].[K+]. The van der Waals surface area contributed by atoms with Crippen LogP contribution in [0.4, 0.5) is 4.79 Å². The number of aromatic hydroxyl groups is 1. The van der Waals surface area contributed by atoms with Crippen LogP contribution in [0.2, 0.25) is 0 Å². The van der Waals surface area contributed by atoms with E-state index < -0.39 is 6.16 Å². The molecule has 70 valence electrons. The Labute approximate surface area is 172 Å². The summed E-state index contributed by atoms with van der Waals surface area (Å²) in [6, 6.07) is 6.07. The summed E-state index contributed by atoms with van der Waals surface area (Å²) in [6.45, 7) is 0. The topological polar surface area (TPSA) is 100 Å². The number of carboxylic acid groups (broad SMARTS) is 2. The molecular weight excluding hydrogens is 254 g/mol. The molecule has 0 aliphatic heterocycles. The maximum atomic E-state index is 10.0. The van der Waals surface area contributed by atoms with Crippen molar-refractivity contribution < 1.29 is 128 Å². The zero-order valence-electron chi connectivity index (χ0n) is 8.47. The van der Waals surface area contributed by atoms with Crippen molar-refractivity contribution in [2.75, 3.05) is 0 Å². The maximum absolute atomic E-state index is 10.0. The molecule has 7 heteroatoms. The van der Waals surface area contributed by atoms with E-state index in [9.17, 15) is 4.79 Å². The summed E-state index contributed by atoms with van der Waals surface area (Å²) in [4.78, 5) is 18.4. The van der Waals surface area contributed by atoms with E-state index in [0.29, 0.717) is 5.56 Å². The first kappa shape index (κ1) is 21.5. The smallest absolute Gasteiger partial charge is 0.652 e. The van der Waals surface area contributed by atoms with Crippen LogP contribution in [0.25, 0.3) is 0 Å². The molecule has 0 fully saturated rings. The number of hydrogen-bond donors (Lipinski definition) is 1. The van der Waals surface area contributed by atoms with Crippen molar-refractivity contribution >= 4 is 12.4 Å². The van der Waals surface area contributed by atoms with Gasteiger partial charge in [0.1, 0.15) is 12.0 Å². The van der Waals surface area contributed by atoms with Gasteiger partial charge in [0.15, 0.2) is 0 Å². The van der Waals surface area contributed by atoms with Crippen LogP contribution < -0.4 is 113 Å². The van der Waals surface area contributed by atoms with E-state index >= 15 is 0 Å². The van der Waals surface area contributed by atoms with Crippen molar-refractivity contribution in [2.24, 2.45) is 0 Å². The predicted molar refractivity (Wildman–Crippen MR) is 38.9 cm³/mol. The number of hydrogen-bond acceptors (Lipinski definition) is 5. The molecule has 15 heavy (non-hydrogen) atoms. The third kappa shape index (κ3) is 15.2. The molecule has 0 heterocycles. The summed E-state index contributed by atoms with van der Waals surface area (Å²) in [6.07, 6.45) is -1.60. The average Bonchev–Trinajstić information content (AvgIpc) is 2.05. The van der Waals surface area contributed by atoms with Crippen molar-refractivity contribution in [3.63, 3.8) is 0 Å². The van der Waals surface area contributed by atoms with Crippen molar-refractivity contribution in [3.8, 4) is 5.75 Å². The number of rotatable bonds is 1. The zero-order chi connectivity index (χ0) is 10.3. The Morgan fingerprint density at radius 1 is 1.13 bits per heavy atom. The van der Waals surface area contributed by atoms with Gasteiger partial charge in [0.05, 0.1) is 0 Å². The fraction of sp³-hybridized carbons (Fsp3) is 0. The standard InChI is InChI=1S/C7H6O2.CH2O3.2K/c8-5-6-1-3-7(9)4-2-6;2-1(3)4;;/h1-5,9H;(H2,2,3,4);;/q;;2*+1/p-2. The summed E-state index contributed by atoms with van der Waals surface area (Å²) < 4.78 is 0. The van der Waals surface area contributed by atoms with Gasteiger partial charge < -0.3 is 20.1 Å². The number of aldehydes is 1. The molecule has 1 N–H and O–H groups in total. The molecule has 0 aromatic heterocycles. The van der Waals surface area contributed by atoms with Crippen LogP contribution in [-0.2, 0) is 0 Å². The molecule has 0 amide bonds. The number of benzene rings is 1. The van der Waals surface area contributed by atoms with E-state index in [-0.39, 0.29) is 109 Å². The van der Waals surface area contributed by atoms with Crippen molar-refractivity contribution in [1.29, 1.82) is 0 Å². The molecule has 1 aromatic rings. The zero-order valence-corrected chi connectivity index (χ0v) is 14.7. The summed E-state index contributed by atoms with van der Waals surface area (Å²) in [5.74, 6) is 0.181. The van der Waals surface area contributed by atoms with E-state index in [1.54, 1.807) is 12.1 Å². The van der Waals surface area contributed by atoms with E-state index in [2.05, 4.69) is 0 Å². The number of carbonyl (C=O) groups excluding carboxylic acids is 2. The van der Waals surface area contributed by atoms with Crippen LogP contribution in [0.3, 0.4) is 0 Å². The van der Waals surface area contributed by atoms with Crippen LogP contribution in [-0.4, -0.2) is 17.5 Å². The Bertz CT molecular complexity index is 282. The molecule has 1 aromatic carbocycles. The number of phenolic OH excluding ortho intramolecular Hbond substituents is 1. The monoisotopic (exact) mass is 260 g/mol. The first-order valence-electron chi connectivity index (χ1n) is 3.18. The van der Waals surface area contributed by atoms with Gasteiger partial charge in [-0.25, -0.2) is 0 Å². The van der Waals surface area contributed by atoms with Crippen molar-refractivity contribution in [1.82, 2.24) is 0 Å². The fourth-order valence-corrected chi connectivity index (χ4v) is 0.553. The molecule has 0 unspecified atom stereocenters. The second kappa shape index (κ2) is 13.3. The molecule has 0 radical (unpaired) electrons. The molecule has 0 aliphatic rings. The average molecular weight is 260 g/mol. The minimum absolute atomic E-state index is 0. The van der Waals surface area contributed by atoms with Crippen molar-refractivity contribution in [3.05, 3.63) is 29.8 Å². The third-order valence-corrected chi connectivity index (χ3v) is 1.03. The van der Waals surface area contributed by atoms with Gasteiger partial charge in [-0.15, -0.1) is 0 Å². The Balaban J connectivity index is -0.000000213. The molecule has 1 rings (SSSR count). The maximum Gasteiger partial charge on any atom is 1.00 e. The Kier molecular flexibility index (Phi) is 19.1. The molecule has 0 aliphatic carbocycles. The number of carbonyl (C=O) groups is 2. The second-order valence-electron chi connectivity index (χ2n) is 1.96. The van der Waals surface area contributed by atoms with Gasteiger partial charge in [-0.05, 0) is 30.4 Å². The summed E-state index contributed by atoms with van der Waals surface area (Å²) >= 11 is 0.